The van der Waals surface area contributed by atoms with E-state index >= 15 is 0 Å². The molecule has 2 aromatic rings. The number of rotatable bonds is 2. The zero-order chi connectivity index (χ0) is 13.9. The van der Waals surface area contributed by atoms with E-state index < -0.39 is 0 Å². The van der Waals surface area contributed by atoms with E-state index in [4.69, 9.17) is 9.47 Å². The van der Waals surface area contributed by atoms with E-state index in [0.29, 0.717) is 17.9 Å². The standard InChI is InChI=1S/C17H14O3/c1-19-17(18)15-14-10-6-5-9-13(14)11-20-16(15)12-7-3-2-4-8-12/h2-10H,11H2,1H3. The average molecular weight is 266 g/mol. The van der Waals surface area contributed by atoms with Crippen molar-refractivity contribution in [1.82, 2.24) is 0 Å². The summed E-state index contributed by atoms with van der Waals surface area (Å²) < 4.78 is 10.7. The van der Waals surface area contributed by atoms with Crippen LogP contribution in [0.3, 0.4) is 0 Å². The van der Waals surface area contributed by atoms with Gasteiger partial charge in [-0.05, 0) is 11.1 Å². The van der Waals surface area contributed by atoms with Crippen molar-refractivity contribution in [3.8, 4) is 0 Å². The summed E-state index contributed by atoms with van der Waals surface area (Å²) in [5.41, 5.74) is 3.24. The normalized spacial score (nSPS) is 13.4. The van der Waals surface area contributed by atoms with Gasteiger partial charge in [-0.2, -0.15) is 0 Å². The Kier molecular flexibility index (Phi) is 3.25. The number of carbonyl (C=O) groups excluding carboxylic acids is 1. The van der Waals surface area contributed by atoms with Gasteiger partial charge in [0.05, 0.1) is 7.11 Å². The van der Waals surface area contributed by atoms with Crippen molar-refractivity contribution in [3.63, 3.8) is 0 Å². The summed E-state index contributed by atoms with van der Waals surface area (Å²) in [6, 6.07) is 17.3. The maximum absolute atomic E-state index is 12.2. The summed E-state index contributed by atoms with van der Waals surface area (Å²) >= 11 is 0. The van der Waals surface area contributed by atoms with Crippen LogP contribution in [0.5, 0.6) is 0 Å². The number of hydrogen-bond acceptors (Lipinski definition) is 3. The summed E-state index contributed by atoms with van der Waals surface area (Å²) in [5.74, 6) is 0.201. The first-order chi connectivity index (χ1) is 9.81. The van der Waals surface area contributed by atoms with Crippen LogP contribution in [-0.2, 0) is 20.9 Å². The Morgan fingerprint density at radius 2 is 1.75 bits per heavy atom. The Balaban J connectivity index is 2.23. The quantitative estimate of drug-likeness (QED) is 0.783. The second kappa shape index (κ2) is 5.21. The van der Waals surface area contributed by atoms with E-state index in [2.05, 4.69) is 0 Å². The molecule has 3 rings (SSSR count). The second-order valence-electron chi connectivity index (χ2n) is 4.51. The van der Waals surface area contributed by atoms with Crippen LogP contribution in [-0.4, -0.2) is 13.1 Å². The first kappa shape index (κ1) is 12.5. The number of hydrogen-bond donors (Lipinski definition) is 0. The minimum Gasteiger partial charge on any atom is -0.487 e. The molecule has 0 amide bonds. The molecular weight excluding hydrogens is 252 g/mol. The monoisotopic (exact) mass is 266 g/mol. The number of benzene rings is 2. The summed E-state index contributed by atoms with van der Waals surface area (Å²) in [6.45, 7) is 0.459. The number of fused-ring (bicyclic) bond motifs is 1. The Bertz CT molecular complexity index is 672. The Labute approximate surface area is 117 Å². The highest BCUT2D eigenvalue weighted by Crippen LogP contribution is 2.35. The third-order valence-electron chi connectivity index (χ3n) is 3.31. The first-order valence-corrected chi connectivity index (χ1v) is 6.40. The lowest BCUT2D eigenvalue weighted by Gasteiger charge is -2.23. The van der Waals surface area contributed by atoms with Crippen LogP contribution in [0.4, 0.5) is 0 Å². The van der Waals surface area contributed by atoms with Crippen LogP contribution in [0.1, 0.15) is 16.7 Å². The summed E-state index contributed by atoms with van der Waals surface area (Å²) in [6.07, 6.45) is 0. The number of carbonyl (C=O) groups is 1. The van der Waals surface area contributed by atoms with Gasteiger partial charge >= 0.3 is 5.97 Å². The van der Waals surface area contributed by atoms with Crippen LogP contribution >= 0.6 is 0 Å². The highest BCUT2D eigenvalue weighted by Gasteiger charge is 2.27. The molecule has 1 heterocycles. The molecule has 0 aromatic heterocycles. The van der Waals surface area contributed by atoms with Crippen molar-refractivity contribution in [3.05, 3.63) is 71.3 Å². The number of esters is 1. The van der Waals surface area contributed by atoms with Gasteiger partial charge in [-0.3, -0.25) is 0 Å². The van der Waals surface area contributed by atoms with Crippen molar-refractivity contribution < 1.29 is 14.3 Å². The molecule has 0 unspecified atom stereocenters. The van der Waals surface area contributed by atoms with Gasteiger partial charge in [0.25, 0.3) is 0 Å². The molecule has 0 saturated heterocycles. The van der Waals surface area contributed by atoms with E-state index in [1.165, 1.54) is 7.11 Å². The van der Waals surface area contributed by atoms with Crippen molar-refractivity contribution >= 4 is 17.3 Å². The van der Waals surface area contributed by atoms with Crippen molar-refractivity contribution in [2.24, 2.45) is 0 Å². The van der Waals surface area contributed by atoms with Gasteiger partial charge < -0.3 is 9.47 Å². The number of ether oxygens (including phenoxy) is 2. The predicted octanol–water partition coefficient (Wildman–Crippen LogP) is 3.26. The second-order valence-corrected chi connectivity index (χ2v) is 4.51. The fraction of sp³-hybridized carbons (Fsp3) is 0.118. The van der Waals surface area contributed by atoms with Crippen LogP contribution in [0.2, 0.25) is 0 Å². The molecule has 1 aliphatic rings. The molecule has 20 heavy (non-hydrogen) atoms. The van der Waals surface area contributed by atoms with Gasteiger partial charge in [0.1, 0.15) is 17.9 Å². The SMILES string of the molecule is COC(=O)C1=C(c2ccccc2)OCc2ccccc21. The Morgan fingerprint density at radius 3 is 2.50 bits per heavy atom. The first-order valence-electron chi connectivity index (χ1n) is 6.40. The minimum atomic E-state index is -0.379. The molecular formula is C17H14O3. The lowest BCUT2D eigenvalue weighted by Crippen LogP contribution is -2.14. The molecule has 0 saturated carbocycles. The lowest BCUT2D eigenvalue weighted by atomic mass is 9.94. The van der Waals surface area contributed by atoms with Crippen LogP contribution < -0.4 is 0 Å². The van der Waals surface area contributed by atoms with E-state index in [1.54, 1.807) is 0 Å². The fourth-order valence-electron chi connectivity index (χ4n) is 2.36. The molecule has 0 fully saturated rings. The summed E-state index contributed by atoms with van der Waals surface area (Å²) in [4.78, 5) is 12.2. The zero-order valence-electron chi connectivity index (χ0n) is 11.1. The van der Waals surface area contributed by atoms with E-state index in [-0.39, 0.29) is 5.97 Å². The maximum atomic E-state index is 12.2. The highest BCUT2D eigenvalue weighted by molar-refractivity contribution is 6.24. The molecule has 0 aliphatic carbocycles. The molecule has 1 aliphatic heterocycles. The van der Waals surface area contributed by atoms with E-state index in [9.17, 15) is 4.79 Å². The van der Waals surface area contributed by atoms with Crippen molar-refractivity contribution in [2.45, 2.75) is 6.61 Å². The van der Waals surface area contributed by atoms with Gasteiger partial charge in [0, 0.05) is 5.56 Å². The molecule has 0 spiro atoms. The topological polar surface area (TPSA) is 35.5 Å². The molecule has 0 radical (unpaired) electrons. The molecule has 0 N–H and O–H groups in total. The Hall–Kier alpha value is -2.55. The van der Waals surface area contributed by atoms with Crippen LogP contribution in [0.15, 0.2) is 54.6 Å². The summed E-state index contributed by atoms with van der Waals surface area (Å²) in [7, 11) is 1.38. The third kappa shape index (κ3) is 2.07. The minimum absolute atomic E-state index is 0.379. The van der Waals surface area contributed by atoms with Gasteiger partial charge in [0.15, 0.2) is 0 Å². The zero-order valence-corrected chi connectivity index (χ0v) is 11.1. The molecule has 0 bridgehead atoms. The van der Waals surface area contributed by atoms with Crippen LogP contribution in [0, 0.1) is 0 Å². The Morgan fingerprint density at radius 1 is 1.05 bits per heavy atom. The molecule has 100 valence electrons. The van der Waals surface area contributed by atoms with Gasteiger partial charge in [-0.25, -0.2) is 4.79 Å². The third-order valence-corrected chi connectivity index (χ3v) is 3.31. The largest absolute Gasteiger partial charge is 0.487 e. The molecule has 3 nitrogen and oxygen atoms in total. The highest BCUT2D eigenvalue weighted by atomic mass is 16.5. The predicted molar refractivity (Wildman–Crippen MR) is 76.5 cm³/mol. The smallest absolute Gasteiger partial charge is 0.342 e. The summed E-state index contributed by atoms with van der Waals surface area (Å²) in [5, 5.41) is 0. The molecule has 3 heteroatoms. The van der Waals surface area contributed by atoms with E-state index in [0.717, 1.165) is 16.7 Å². The molecule has 2 aromatic carbocycles. The van der Waals surface area contributed by atoms with Crippen LogP contribution in [0.25, 0.3) is 11.3 Å². The average Bonchev–Trinajstić information content (AvgIpc) is 2.54. The van der Waals surface area contributed by atoms with Gasteiger partial charge in [0.2, 0.25) is 0 Å². The number of methoxy groups -OCH3 is 1. The van der Waals surface area contributed by atoms with Gasteiger partial charge in [-0.15, -0.1) is 0 Å². The van der Waals surface area contributed by atoms with Crippen molar-refractivity contribution in [2.75, 3.05) is 7.11 Å². The lowest BCUT2D eigenvalue weighted by molar-refractivity contribution is -0.133. The van der Waals surface area contributed by atoms with Crippen molar-refractivity contribution in [1.29, 1.82) is 0 Å². The molecule has 0 atom stereocenters. The fourth-order valence-corrected chi connectivity index (χ4v) is 2.36. The van der Waals surface area contributed by atoms with Gasteiger partial charge in [-0.1, -0.05) is 54.6 Å². The maximum Gasteiger partial charge on any atom is 0.342 e. The van der Waals surface area contributed by atoms with E-state index in [1.807, 2.05) is 54.6 Å².